The molecule has 1 fully saturated rings. The van der Waals surface area contributed by atoms with E-state index in [1.54, 1.807) is 12.3 Å². The first-order valence-electron chi connectivity index (χ1n) is 6.81. The van der Waals surface area contributed by atoms with Crippen molar-refractivity contribution in [3.05, 3.63) is 40.1 Å². The van der Waals surface area contributed by atoms with Gasteiger partial charge in [-0.25, -0.2) is 0 Å². The first-order chi connectivity index (χ1) is 9.68. The number of hydrogen-bond acceptors (Lipinski definition) is 4. The summed E-state index contributed by atoms with van der Waals surface area (Å²) >= 11 is 0. The number of aliphatic hydroxyl groups excluding tert-OH is 1. The van der Waals surface area contributed by atoms with Crippen molar-refractivity contribution in [1.82, 2.24) is 10.3 Å². The third-order valence-corrected chi connectivity index (χ3v) is 4.07. The van der Waals surface area contributed by atoms with Gasteiger partial charge in [-0.1, -0.05) is 12.1 Å². The van der Waals surface area contributed by atoms with Gasteiger partial charge in [0.25, 0.3) is 5.69 Å². The van der Waals surface area contributed by atoms with Crippen LogP contribution in [0.15, 0.2) is 24.4 Å². The van der Waals surface area contributed by atoms with Gasteiger partial charge in [0.2, 0.25) is 0 Å². The molecule has 1 aromatic carbocycles. The number of aromatic amines is 1. The number of nitro groups is 1. The fraction of sp³-hybridized carbons (Fsp3) is 0.429. The van der Waals surface area contributed by atoms with E-state index in [0.29, 0.717) is 5.52 Å². The summed E-state index contributed by atoms with van der Waals surface area (Å²) in [5.74, 6) is 0.203. The predicted molar refractivity (Wildman–Crippen MR) is 75.5 cm³/mol. The summed E-state index contributed by atoms with van der Waals surface area (Å²) < 4.78 is 0. The minimum absolute atomic E-state index is 0.0475. The van der Waals surface area contributed by atoms with Crippen LogP contribution >= 0.6 is 0 Å². The maximum atomic E-state index is 11.0. The van der Waals surface area contributed by atoms with Gasteiger partial charge in [-0.15, -0.1) is 0 Å². The highest BCUT2D eigenvalue weighted by molar-refractivity contribution is 5.90. The Bertz CT molecular complexity index is 632. The standard InChI is InChI=1S/C14H17N3O3/c18-14(9-4-6-15-7-5-9)11-8-16-13-10(11)2-1-3-12(13)17(19)20/h1-3,8-9,14-16,18H,4-7H2. The van der Waals surface area contributed by atoms with E-state index >= 15 is 0 Å². The lowest BCUT2D eigenvalue weighted by Gasteiger charge is -2.27. The van der Waals surface area contributed by atoms with Crippen LogP contribution < -0.4 is 5.32 Å². The summed E-state index contributed by atoms with van der Waals surface area (Å²) in [7, 11) is 0. The zero-order valence-electron chi connectivity index (χ0n) is 11.0. The summed E-state index contributed by atoms with van der Waals surface area (Å²) in [5.41, 5.74) is 1.29. The van der Waals surface area contributed by atoms with Crippen LogP contribution in [0.2, 0.25) is 0 Å². The predicted octanol–water partition coefficient (Wildman–Crippen LogP) is 2.11. The number of benzene rings is 1. The highest BCUT2D eigenvalue weighted by Gasteiger charge is 2.26. The molecule has 1 unspecified atom stereocenters. The van der Waals surface area contributed by atoms with E-state index in [4.69, 9.17) is 0 Å². The van der Waals surface area contributed by atoms with Crippen molar-refractivity contribution < 1.29 is 10.0 Å². The molecule has 20 heavy (non-hydrogen) atoms. The molecule has 1 aromatic heterocycles. The van der Waals surface area contributed by atoms with Crippen LogP contribution in [0, 0.1) is 16.0 Å². The third-order valence-electron chi connectivity index (χ3n) is 4.07. The molecule has 3 N–H and O–H groups in total. The van der Waals surface area contributed by atoms with E-state index in [1.807, 2.05) is 6.07 Å². The molecule has 0 radical (unpaired) electrons. The number of nitro benzene ring substituents is 1. The van der Waals surface area contributed by atoms with Gasteiger partial charge in [-0.05, 0) is 31.8 Å². The molecule has 0 spiro atoms. The van der Waals surface area contributed by atoms with Crippen molar-refractivity contribution in [3.8, 4) is 0 Å². The smallest absolute Gasteiger partial charge is 0.293 e. The maximum Gasteiger partial charge on any atom is 0.293 e. The fourth-order valence-corrected chi connectivity index (χ4v) is 2.97. The number of aliphatic hydroxyl groups is 1. The Morgan fingerprint density at radius 3 is 2.80 bits per heavy atom. The van der Waals surface area contributed by atoms with E-state index in [-0.39, 0.29) is 11.6 Å². The topological polar surface area (TPSA) is 91.2 Å². The minimum Gasteiger partial charge on any atom is -0.388 e. The van der Waals surface area contributed by atoms with Crippen LogP contribution in [0.1, 0.15) is 24.5 Å². The van der Waals surface area contributed by atoms with E-state index in [0.717, 1.165) is 36.9 Å². The average Bonchev–Trinajstić information content (AvgIpc) is 2.91. The van der Waals surface area contributed by atoms with Crippen molar-refractivity contribution in [3.63, 3.8) is 0 Å². The largest absolute Gasteiger partial charge is 0.388 e. The molecule has 3 rings (SSSR count). The molecule has 0 aliphatic carbocycles. The van der Waals surface area contributed by atoms with Crippen LogP contribution in [-0.4, -0.2) is 28.1 Å². The number of nitrogens with one attached hydrogen (secondary N) is 2. The average molecular weight is 275 g/mol. The lowest BCUT2D eigenvalue weighted by Crippen LogP contribution is -2.30. The van der Waals surface area contributed by atoms with Gasteiger partial charge in [0.1, 0.15) is 5.52 Å². The number of rotatable bonds is 3. The Morgan fingerprint density at radius 1 is 1.35 bits per heavy atom. The Labute approximate surface area is 116 Å². The van der Waals surface area contributed by atoms with E-state index < -0.39 is 11.0 Å². The monoisotopic (exact) mass is 275 g/mol. The molecule has 1 saturated heterocycles. The molecule has 1 aliphatic rings. The normalized spacial score (nSPS) is 18.2. The lowest BCUT2D eigenvalue weighted by molar-refractivity contribution is -0.383. The van der Waals surface area contributed by atoms with Gasteiger partial charge in [0.15, 0.2) is 0 Å². The molecule has 0 saturated carbocycles. The Hall–Kier alpha value is -1.92. The molecular weight excluding hydrogens is 258 g/mol. The number of aromatic nitrogens is 1. The van der Waals surface area contributed by atoms with E-state index in [2.05, 4.69) is 10.3 Å². The highest BCUT2D eigenvalue weighted by Crippen LogP contribution is 2.35. The van der Waals surface area contributed by atoms with Gasteiger partial charge in [-0.2, -0.15) is 0 Å². The zero-order valence-corrected chi connectivity index (χ0v) is 11.0. The van der Waals surface area contributed by atoms with Gasteiger partial charge in [0.05, 0.1) is 11.0 Å². The van der Waals surface area contributed by atoms with Crippen molar-refractivity contribution in [2.75, 3.05) is 13.1 Å². The summed E-state index contributed by atoms with van der Waals surface area (Å²) in [6, 6.07) is 4.95. The molecule has 2 heterocycles. The Kier molecular flexibility index (Phi) is 3.42. The number of H-pyrrole nitrogens is 1. The summed E-state index contributed by atoms with van der Waals surface area (Å²) in [5, 5.41) is 25.6. The first-order valence-corrected chi connectivity index (χ1v) is 6.81. The van der Waals surface area contributed by atoms with Crippen LogP contribution in [0.25, 0.3) is 10.9 Å². The quantitative estimate of drug-likeness (QED) is 0.591. The molecule has 2 aromatic rings. The molecule has 106 valence electrons. The van der Waals surface area contributed by atoms with Crippen LogP contribution in [0.5, 0.6) is 0 Å². The van der Waals surface area contributed by atoms with Gasteiger partial charge in [0, 0.05) is 23.2 Å². The second-order valence-corrected chi connectivity index (χ2v) is 5.23. The molecule has 1 atom stereocenters. The third kappa shape index (κ3) is 2.17. The Balaban J connectivity index is 1.99. The number of fused-ring (bicyclic) bond motifs is 1. The number of non-ortho nitro benzene ring substituents is 1. The van der Waals surface area contributed by atoms with Crippen LogP contribution in [0.3, 0.4) is 0 Å². The SMILES string of the molecule is O=[N+]([O-])c1cccc2c(C(O)C3CCNCC3)c[nH]c12. The first kappa shape index (κ1) is 13.1. The number of piperidine rings is 1. The molecule has 6 heteroatoms. The Morgan fingerprint density at radius 2 is 2.10 bits per heavy atom. The van der Waals surface area contributed by atoms with E-state index in [1.165, 1.54) is 6.07 Å². The van der Waals surface area contributed by atoms with Gasteiger partial charge >= 0.3 is 0 Å². The summed E-state index contributed by atoms with van der Waals surface area (Å²) in [4.78, 5) is 13.5. The zero-order chi connectivity index (χ0) is 14.1. The maximum absolute atomic E-state index is 11.0. The summed E-state index contributed by atoms with van der Waals surface area (Å²) in [6.07, 6.45) is 2.96. The molecule has 1 aliphatic heterocycles. The molecular formula is C14H17N3O3. The summed E-state index contributed by atoms with van der Waals surface area (Å²) in [6.45, 7) is 1.81. The number of para-hydroxylation sites is 1. The van der Waals surface area contributed by atoms with Crippen molar-refractivity contribution >= 4 is 16.6 Å². The van der Waals surface area contributed by atoms with Crippen LogP contribution in [-0.2, 0) is 0 Å². The lowest BCUT2D eigenvalue weighted by atomic mass is 9.88. The van der Waals surface area contributed by atoms with Crippen molar-refractivity contribution in [1.29, 1.82) is 0 Å². The number of hydrogen-bond donors (Lipinski definition) is 3. The van der Waals surface area contributed by atoms with Gasteiger partial charge < -0.3 is 15.4 Å². The van der Waals surface area contributed by atoms with Gasteiger partial charge in [-0.3, -0.25) is 10.1 Å². The molecule has 6 nitrogen and oxygen atoms in total. The fourth-order valence-electron chi connectivity index (χ4n) is 2.97. The van der Waals surface area contributed by atoms with E-state index in [9.17, 15) is 15.2 Å². The van der Waals surface area contributed by atoms with Crippen molar-refractivity contribution in [2.24, 2.45) is 5.92 Å². The van der Waals surface area contributed by atoms with Crippen LogP contribution in [0.4, 0.5) is 5.69 Å². The second kappa shape index (κ2) is 5.22. The number of nitrogens with zero attached hydrogens (tertiary/aromatic N) is 1. The highest BCUT2D eigenvalue weighted by atomic mass is 16.6. The minimum atomic E-state index is -0.576. The molecule has 0 bridgehead atoms. The molecule has 0 amide bonds. The second-order valence-electron chi connectivity index (χ2n) is 5.23. The van der Waals surface area contributed by atoms with Crippen molar-refractivity contribution in [2.45, 2.75) is 18.9 Å².